The van der Waals surface area contributed by atoms with Crippen molar-refractivity contribution in [1.82, 2.24) is 0 Å². The molecule has 1 aliphatic rings. The summed E-state index contributed by atoms with van der Waals surface area (Å²) in [6.45, 7) is 3.85. The summed E-state index contributed by atoms with van der Waals surface area (Å²) in [5, 5.41) is 10.2. The van der Waals surface area contributed by atoms with Crippen molar-refractivity contribution in [3.05, 3.63) is 29.8 Å². The SMILES string of the molecule is CO[C@]1(O)Oc2ccccc2CC1(C)C. The third kappa shape index (κ3) is 1.52. The molecule has 82 valence electrons. The first-order valence-electron chi connectivity index (χ1n) is 5.03. The van der Waals surface area contributed by atoms with Crippen molar-refractivity contribution in [2.75, 3.05) is 7.11 Å². The van der Waals surface area contributed by atoms with E-state index >= 15 is 0 Å². The number of ether oxygens (including phenoxy) is 2. The number of fused-ring (bicyclic) bond motifs is 1. The van der Waals surface area contributed by atoms with E-state index in [1.165, 1.54) is 7.11 Å². The lowest BCUT2D eigenvalue weighted by Gasteiger charge is -2.44. The first kappa shape index (κ1) is 10.5. The maximum Gasteiger partial charge on any atom is 0.329 e. The molecule has 0 aliphatic carbocycles. The van der Waals surface area contributed by atoms with Crippen molar-refractivity contribution in [1.29, 1.82) is 0 Å². The van der Waals surface area contributed by atoms with Crippen molar-refractivity contribution in [2.45, 2.75) is 26.2 Å². The molecule has 3 nitrogen and oxygen atoms in total. The minimum atomic E-state index is -1.54. The lowest BCUT2D eigenvalue weighted by atomic mass is 9.81. The molecule has 1 atom stereocenters. The van der Waals surface area contributed by atoms with Crippen LogP contribution in [0.3, 0.4) is 0 Å². The van der Waals surface area contributed by atoms with Crippen LogP contribution in [0.5, 0.6) is 5.75 Å². The van der Waals surface area contributed by atoms with E-state index in [2.05, 4.69) is 0 Å². The largest absolute Gasteiger partial charge is 0.438 e. The van der Waals surface area contributed by atoms with Crippen LogP contribution in [0.15, 0.2) is 24.3 Å². The molecule has 0 saturated carbocycles. The van der Waals surface area contributed by atoms with Gasteiger partial charge in [-0.15, -0.1) is 0 Å². The third-order valence-corrected chi connectivity index (χ3v) is 2.99. The molecule has 3 heteroatoms. The first-order chi connectivity index (χ1) is 6.98. The van der Waals surface area contributed by atoms with Crippen molar-refractivity contribution in [3.63, 3.8) is 0 Å². The molecule has 0 aromatic heterocycles. The van der Waals surface area contributed by atoms with Gasteiger partial charge in [-0.25, -0.2) is 0 Å². The van der Waals surface area contributed by atoms with Crippen LogP contribution in [0.4, 0.5) is 0 Å². The minimum Gasteiger partial charge on any atom is -0.438 e. The molecular weight excluding hydrogens is 192 g/mol. The van der Waals surface area contributed by atoms with Crippen LogP contribution in [0.2, 0.25) is 0 Å². The Kier molecular flexibility index (Phi) is 2.24. The van der Waals surface area contributed by atoms with Gasteiger partial charge < -0.3 is 14.6 Å². The summed E-state index contributed by atoms with van der Waals surface area (Å²) in [6, 6.07) is 7.70. The van der Waals surface area contributed by atoms with Crippen LogP contribution in [-0.2, 0) is 11.2 Å². The predicted molar refractivity (Wildman–Crippen MR) is 56.5 cm³/mol. The summed E-state index contributed by atoms with van der Waals surface area (Å²) < 4.78 is 10.6. The van der Waals surface area contributed by atoms with Gasteiger partial charge in [-0.1, -0.05) is 32.0 Å². The molecule has 1 aliphatic heterocycles. The number of methoxy groups -OCH3 is 1. The monoisotopic (exact) mass is 208 g/mol. The highest BCUT2D eigenvalue weighted by Crippen LogP contribution is 2.43. The Morgan fingerprint density at radius 3 is 2.67 bits per heavy atom. The Morgan fingerprint density at radius 2 is 2.00 bits per heavy atom. The first-order valence-corrected chi connectivity index (χ1v) is 5.03. The van der Waals surface area contributed by atoms with Gasteiger partial charge in [0.05, 0.1) is 5.41 Å². The summed E-state index contributed by atoms with van der Waals surface area (Å²) in [7, 11) is 1.45. The number of hydrogen-bond acceptors (Lipinski definition) is 3. The minimum absolute atomic E-state index is 0.462. The van der Waals surface area contributed by atoms with Gasteiger partial charge >= 0.3 is 5.97 Å². The zero-order chi connectivity index (χ0) is 11.1. The summed E-state index contributed by atoms with van der Waals surface area (Å²) in [5.74, 6) is -0.845. The van der Waals surface area contributed by atoms with Gasteiger partial charge in [0.2, 0.25) is 0 Å². The summed E-state index contributed by atoms with van der Waals surface area (Å²) >= 11 is 0. The molecule has 1 N–H and O–H groups in total. The van der Waals surface area contributed by atoms with E-state index < -0.39 is 11.4 Å². The normalized spacial score (nSPS) is 28.0. The fourth-order valence-electron chi connectivity index (χ4n) is 1.94. The lowest BCUT2D eigenvalue weighted by molar-refractivity contribution is -0.367. The quantitative estimate of drug-likeness (QED) is 0.717. The van der Waals surface area contributed by atoms with Crippen molar-refractivity contribution in [3.8, 4) is 5.75 Å². The molecule has 0 spiro atoms. The Morgan fingerprint density at radius 1 is 1.33 bits per heavy atom. The van der Waals surface area contributed by atoms with Gasteiger partial charge in [-0.2, -0.15) is 0 Å². The fraction of sp³-hybridized carbons (Fsp3) is 0.500. The molecule has 0 amide bonds. The zero-order valence-electron chi connectivity index (χ0n) is 9.28. The highest BCUT2D eigenvalue weighted by Gasteiger charge is 2.50. The molecular formula is C12H16O3. The fourth-order valence-corrected chi connectivity index (χ4v) is 1.94. The van der Waals surface area contributed by atoms with Gasteiger partial charge in [-0.3, -0.25) is 0 Å². The molecule has 2 rings (SSSR count). The van der Waals surface area contributed by atoms with Crippen LogP contribution in [0.25, 0.3) is 0 Å². The molecule has 0 bridgehead atoms. The molecule has 0 unspecified atom stereocenters. The van der Waals surface area contributed by atoms with E-state index in [0.29, 0.717) is 5.75 Å². The lowest BCUT2D eigenvalue weighted by Crippen LogP contribution is -2.54. The Balaban J connectivity index is 2.45. The molecule has 15 heavy (non-hydrogen) atoms. The second-order valence-electron chi connectivity index (χ2n) is 4.56. The number of para-hydroxylation sites is 1. The standard InChI is InChI=1S/C12H16O3/c1-11(2)8-9-6-4-5-7-10(9)15-12(11,13)14-3/h4-7,13H,8H2,1-3H3/t12-/m0/s1. The number of hydrogen-bond donors (Lipinski definition) is 1. The van der Waals surface area contributed by atoms with Crippen LogP contribution in [-0.4, -0.2) is 18.2 Å². The number of aliphatic hydroxyl groups is 1. The van der Waals surface area contributed by atoms with E-state index in [-0.39, 0.29) is 0 Å². The Hall–Kier alpha value is -1.06. The van der Waals surface area contributed by atoms with Gasteiger partial charge in [-0.05, 0) is 18.1 Å². The van der Waals surface area contributed by atoms with Crippen LogP contribution in [0.1, 0.15) is 19.4 Å². The van der Waals surface area contributed by atoms with Crippen molar-refractivity contribution in [2.24, 2.45) is 5.41 Å². The maximum atomic E-state index is 10.2. The van der Waals surface area contributed by atoms with E-state index in [0.717, 1.165) is 12.0 Å². The van der Waals surface area contributed by atoms with Gasteiger partial charge in [0.15, 0.2) is 0 Å². The van der Waals surface area contributed by atoms with Crippen molar-refractivity contribution >= 4 is 0 Å². The summed E-state index contributed by atoms with van der Waals surface area (Å²) in [4.78, 5) is 0. The zero-order valence-corrected chi connectivity index (χ0v) is 9.28. The average molecular weight is 208 g/mol. The van der Waals surface area contributed by atoms with E-state index in [9.17, 15) is 5.11 Å². The molecule has 1 heterocycles. The molecule has 0 saturated heterocycles. The van der Waals surface area contributed by atoms with Crippen LogP contribution >= 0.6 is 0 Å². The summed E-state index contributed by atoms with van der Waals surface area (Å²) in [5.41, 5.74) is 0.639. The summed E-state index contributed by atoms with van der Waals surface area (Å²) in [6.07, 6.45) is 0.730. The van der Waals surface area contributed by atoms with Gasteiger partial charge in [0, 0.05) is 7.11 Å². The van der Waals surface area contributed by atoms with Gasteiger partial charge in [0.25, 0.3) is 0 Å². The Labute approximate surface area is 89.6 Å². The molecule has 0 radical (unpaired) electrons. The van der Waals surface area contributed by atoms with E-state index in [1.807, 2.05) is 38.1 Å². The van der Waals surface area contributed by atoms with E-state index in [1.54, 1.807) is 0 Å². The van der Waals surface area contributed by atoms with Crippen molar-refractivity contribution < 1.29 is 14.6 Å². The van der Waals surface area contributed by atoms with E-state index in [4.69, 9.17) is 9.47 Å². The predicted octanol–water partition coefficient (Wildman–Crippen LogP) is 1.94. The highest BCUT2D eigenvalue weighted by atomic mass is 16.8. The highest BCUT2D eigenvalue weighted by molar-refractivity contribution is 5.36. The average Bonchev–Trinajstić information content (AvgIpc) is 2.19. The van der Waals surface area contributed by atoms with Gasteiger partial charge in [0.1, 0.15) is 5.75 Å². The maximum absolute atomic E-state index is 10.2. The topological polar surface area (TPSA) is 38.7 Å². The smallest absolute Gasteiger partial charge is 0.329 e. The van der Waals surface area contributed by atoms with Crippen LogP contribution < -0.4 is 4.74 Å². The molecule has 1 aromatic carbocycles. The van der Waals surface area contributed by atoms with Crippen LogP contribution in [0, 0.1) is 5.41 Å². The number of benzene rings is 1. The molecule has 1 aromatic rings. The molecule has 0 fully saturated rings. The second-order valence-corrected chi connectivity index (χ2v) is 4.56. The third-order valence-electron chi connectivity index (χ3n) is 2.99. The number of rotatable bonds is 1. The Bertz CT molecular complexity index is 373. The second kappa shape index (κ2) is 3.22.